The van der Waals surface area contributed by atoms with Gasteiger partial charge in [-0.05, 0) is 30.7 Å². The fourth-order valence-corrected chi connectivity index (χ4v) is 3.96. The lowest BCUT2D eigenvalue weighted by Gasteiger charge is -2.20. The quantitative estimate of drug-likeness (QED) is 0.787. The Morgan fingerprint density at radius 2 is 2.20 bits per heavy atom. The minimum atomic E-state index is -3.69. The van der Waals surface area contributed by atoms with Crippen LogP contribution in [0.2, 0.25) is 0 Å². The van der Waals surface area contributed by atoms with Crippen LogP contribution in [0.15, 0.2) is 30.6 Å². The van der Waals surface area contributed by atoms with Crippen molar-refractivity contribution in [2.45, 2.75) is 12.5 Å². The molecule has 136 valence electrons. The van der Waals surface area contributed by atoms with Crippen LogP contribution in [-0.2, 0) is 19.5 Å². The molecule has 1 fully saturated rings. The van der Waals surface area contributed by atoms with Crippen molar-refractivity contribution in [1.29, 1.82) is 0 Å². The Balaban J connectivity index is 1.67. The fourth-order valence-electron chi connectivity index (χ4n) is 2.67. The average molecular weight is 370 g/mol. The highest BCUT2D eigenvalue weighted by atomic mass is 32.2. The van der Waals surface area contributed by atoms with Crippen LogP contribution in [0, 0.1) is 11.7 Å². The second-order valence-electron chi connectivity index (χ2n) is 5.77. The van der Waals surface area contributed by atoms with Crippen molar-refractivity contribution in [2.24, 2.45) is 5.92 Å². The van der Waals surface area contributed by atoms with Gasteiger partial charge in [0.1, 0.15) is 12.1 Å². The third-order valence-corrected chi connectivity index (χ3v) is 5.27. The number of ether oxygens (including phenoxy) is 2. The number of hydrogen-bond donors (Lipinski definition) is 1. The van der Waals surface area contributed by atoms with E-state index in [1.165, 1.54) is 42.4 Å². The fraction of sp³-hybridized carbons (Fsp3) is 0.467. The van der Waals surface area contributed by atoms with E-state index >= 15 is 0 Å². The van der Waals surface area contributed by atoms with Crippen LogP contribution >= 0.6 is 0 Å². The summed E-state index contributed by atoms with van der Waals surface area (Å²) in [6.07, 6.45) is 1.66. The molecular weight excluding hydrogens is 351 g/mol. The molecule has 0 radical (unpaired) electrons. The van der Waals surface area contributed by atoms with Crippen molar-refractivity contribution in [3.63, 3.8) is 0 Å². The molecule has 1 saturated heterocycles. The van der Waals surface area contributed by atoms with Crippen LogP contribution in [0.4, 0.5) is 10.3 Å². The second kappa shape index (κ2) is 7.46. The molecule has 2 aromatic rings. The van der Waals surface area contributed by atoms with Gasteiger partial charge in [0, 0.05) is 19.6 Å². The summed E-state index contributed by atoms with van der Waals surface area (Å²) >= 11 is 0. The summed E-state index contributed by atoms with van der Waals surface area (Å²) in [5.41, 5.74) is 0.567. The molecule has 0 saturated carbocycles. The maximum Gasteiger partial charge on any atom is 0.256 e. The number of halogens is 1. The zero-order valence-electron chi connectivity index (χ0n) is 13.6. The third-order valence-electron chi connectivity index (χ3n) is 4.01. The molecule has 0 aliphatic carbocycles. The van der Waals surface area contributed by atoms with Crippen LogP contribution < -0.4 is 4.72 Å². The molecule has 25 heavy (non-hydrogen) atoms. The van der Waals surface area contributed by atoms with E-state index in [1.807, 2.05) is 0 Å². The Labute approximate surface area is 145 Å². The lowest BCUT2D eigenvalue weighted by molar-refractivity contribution is 0.0612. The zero-order chi connectivity index (χ0) is 17.9. The van der Waals surface area contributed by atoms with Gasteiger partial charge in [0.2, 0.25) is 10.0 Å². The number of nitrogens with one attached hydrogen (secondary N) is 1. The van der Waals surface area contributed by atoms with Gasteiger partial charge in [0.25, 0.3) is 5.95 Å². The summed E-state index contributed by atoms with van der Waals surface area (Å²) in [5.74, 6) is -0.581. The first-order valence-electron chi connectivity index (χ1n) is 7.75. The van der Waals surface area contributed by atoms with Gasteiger partial charge in [-0.2, -0.15) is 4.98 Å². The van der Waals surface area contributed by atoms with Crippen LogP contribution in [-0.4, -0.2) is 55.4 Å². The molecule has 1 aliphatic heterocycles. The highest BCUT2D eigenvalue weighted by Crippen LogP contribution is 2.20. The maximum absolute atomic E-state index is 13.0. The van der Waals surface area contributed by atoms with E-state index in [0.29, 0.717) is 18.9 Å². The molecule has 1 aromatic heterocycles. The Kier molecular flexibility index (Phi) is 5.30. The second-order valence-corrected chi connectivity index (χ2v) is 7.54. The van der Waals surface area contributed by atoms with Gasteiger partial charge in [-0.3, -0.25) is 0 Å². The number of benzene rings is 1. The number of nitrogens with zero attached hydrogens (tertiary/aromatic N) is 3. The standard InChI is InChI=1S/C15H19FN4O4S/c1-23-14(11-6-7-24-8-11)9-25(21,22)19-15-17-10-20(18-15)13-4-2-12(16)3-5-13/h2-5,10-11,14H,6-9H2,1H3,(H,18,19). The summed E-state index contributed by atoms with van der Waals surface area (Å²) in [6, 6.07) is 5.61. The Hall–Kier alpha value is -2.04. The molecule has 3 rings (SSSR count). The normalized spacial score (nSPS) is 19.0. The van der Waals surface area contributed by atoms with E-state index in [1.54, 1.807) is 0 Å². The molecule has 8 nitrogen and oxygen atoms in total. The van der Waals surface area contributed by atoms with E-state index in [4.69, 9.17) is 9.47 Å². The van der Waals surface area contributed by atoms with Crippen LogP contribution in [0.3, 0.4) is 0 Å². The summed E-state index contributed by atoms with van der Waals surface area (Å²) in [7, 11) is -2.20. The van der Waals surface area contributed by atoms with Gasteiger partial charge in [-0.15, -0.1) is 5.10 Å². The predicted octanol–water partition coefficient (Wildman–Crippen LogP) is 1.20. The van der Waals surface area contributed by atoms with E-state index in [9.17, 15) is 12.8 Å². The van der Waals surface area contributed by atoms with Crippen molar-refractivity contribution >= 4 is 16.0 Å². The first-order chi connectivity index (χ1) is 12.0. The van der Waals surface area contributed by atoms with Gasteiger partial charge >= 0.3 is 0 Å². The van der Waals surface area contributed by atoms with Crippen molar-refractivity contribution < 1.29 is 22.3 Å². The summed E-state index contributed by atoms with van der Waals surface area (Å²) in [5, 5.41) is 4.05. The molecule has 1 aliphatic rings. The molecule has 1 N–H and O–H groups in total. The number of hydrogen-bond acceptors (Lipinski definition) is 6. The van der Waals surface area contributed by atoms with Gasteiger partial charge < -0.3 is 9.47 Å². The Bertz CT molecular complexity index is 803. The highest BCUT2D eigenvalue weighted by Gasteiger charge is 2.30. The van der Waals surface area contributed by atoms with Crippen molar-refractivity contribution in [3.05, 3.63) is 36.4 Å². The largest absolute Gasteiger partial charge is 0.381 e. The van der Waals surface area contributed by atoms with Crippen molar-refractivity contribution in [2.75, 3.05) is 30.8 Å². The van der Waals surface area contributed by atoms with E-state index in [0.717, 1.165) is 6.42 Å². The SMILES string of the molecule is COC(CS(=O)(=O)Nc1ncn(-c2ccc(F)cc2)n1)C1CCOC1. The topological polar surface area (TPSA) is 95.3 Å². The first-order valence-corrected chi connectivity index (χ1v) is 9.41. The molecule has 2 atom stereocenters. The Morgan fingerprint density at radius 1 is 1.44 bits per heavy atom. The molecule has 0 spiro atoms. The molecule has 1 aromatic carbocycles. The van der Waals surface area contributed by atoms with Gasteiger partial charge in [-0.25, -0.2) is 22.2 Å². The number of methoxy groups -OCH3 is 1. The molecule has 0 bridgehead atoms. The van der Waals surface area contributed by atoms with Crippen molar-refractivity contribution in [3.8, 4) is 5.69 Å². The van der Waals surface area contributed by atoms with Gasteiger partial charge in [0.05, 0.1) is 24.2 Å². The zero-order valence-corrected chi connectivity index (χ0v) is 14.4. The van der Waals surface area contributed by atoms with Crippen LogP contribution in [0.25, 0.3) is 5.69 Å². The van der Waals surface area contributed by atoms with Gasteiger partial charge in [-0.1, -0.05) is 0 Å². The molecule has 10 heteroatoms. The van der Waals surface area contributed by atoms with E-state index in [2.05, 4.69) is 14.8 Å². The van der Waals surface area contributed by atoms with E-state index in [-0.39, 0.29) is 23.4 Å². The first kappa shape index (κ1) is 17.8. The highest BCUT2D eigenvalue weighted by molar-refractivity contribution is 7.92. The summed E-state index contributed by atoms with van der Waals surface area (Å²) in [4.78, 5) is 3.93. The number of anilines is 1. The van der Waals surface area contributed by atoms with Crippen LogP contribution in [0.5, 0.6) is 0 Å². The van der Waals surface area contributed by atoms with E-state index < -0.39 is 16.1 Å². The van der Waals surface area contributed by atoms with Crippen molar-refractivity contribution in [1.82, 2.24) is 14.8 Å². The lowest BCUT2D eigenvalue weighted by atomic mass is 10.0. The maximum atomic E-state index is 13.0. The monoisotopic (exact) mass is 370 g/mol. The summed E-state index contributed by atoms with van der Waals surface area (Å²) < 4.78 is 51.9. The summed E-state index contributed by atoms with van der Waals surface area (Å²) in [6.45, 7) is 1.10. The minimum Gasteiger partial charge on any atom is -0.381 e. The minimum absolute atomic E-state index is 0.0475. The predicted molar refractivity (Wildman–Crippen MR) is 88.4 cm³/mol. The van der Waals surface area contributed by atoms with Gasteiger partial charge in [0.15, 0.2) is 0 Å². The molecule has 2 unspecified atom stereocenters. The number of rotatable bonds is 7. The molecule has 0 amide bonds. The Morgan fingerprint density at radius 3 is 2.84 bits per heavy atom. The molecular formula is C15H19FN4O4S. The lowest BCUT2D eigenvalue weighted by Crippen LogP contribution is -2.34. The number of sulfonamides is 1. The van der Waals surface area contributed by atoms with Crippen LogP contribution in [0.1, 0.15) is 6.42 Å². The smallest absolute Gasteiger partial charge is 0.256 e. The third kappa shape index (κ3) is 4.53. The number of aromatic nitrogens is 3. The molecule has 2 heterocycles. The average Bonchev–Trinajstić information content (AvgIpc) is 3.25.